The molecule has 0 atom stereocenters. The Morgan fingerprint density at radius 1 is 0.935 bits per heavy atom. The number of carbonyl (C=O) groups is 2. The smallest absolute Gasteiger partial charge is 0.268 e. The van der Waals surface area contributed by atoms with Crippen LogP contribution < -0.4 is 10.6 Å². The molecule has 4 rings (SSSR count). The Hall–Kier alpha value is -3.83. The Kier molecular flexibility index (Phi) is 6.15. The lowest BCUT2D eigenvalue weighted by Gasteiger charge is -2.11. The van der Waals surface area contributed by atoms with E-state index in [9.17, 15) is 9.59 Å². The van der Waals surface area contributed by atoms with Gasteiger partial charge in [0.25, 0.3) is 11.8 Å². The highest BCUT2D eigenvalue weighted by atomic mass is 35.5. The summed E-state index contributed by atoms with van der Waals surface area (Å²) in [4.78, 5) is 28.9. The average Bonchev–Trinajstić information content (AvgIpc) is 3.20. The van der Waals surface area contributed by atoms with Crippen molar-refractivity contribution in [1.82, 2.24) is 15.6 Å². The fourth-order valence-corrected chi connectivity index (χ4v) is 3.45. The third kappa shape index (κ3) is 5.02. The van der Waals surface area contributed by atoms with Crippen LogP contribution in [0.25, 0.3) is 17.0 Å². The van der Waals surface area contributed by atoms with E-state index in [1.807, 2.05) is 48.7 Å². The number of hydrogen-bond donors (Lipinski definition) is 3. The van der Waals surface area contributed by atoms with Crippen LogP contribution in [0.15, 0.2) is 90.8 Å². The Morgan fingerprint density at radius 3 is 2.52 bits per heavy atom. The molecule has 2 amide bonds. The number of nitrogens with one attached hydrogen (secondary N) is 3. The minimum Gasteiger partial charge on any atom is -0.361 e. The molecule has 0 fully saturated rings. The Bertz CT molecular complexity index is 1260. The molecule has 0 saturated heterocycles. The van der Waals surface area contributed by atoms with Crippen molar-refractivity contribution in [2.24, 2.45) is 0 Å². The van der Waals surface area contributed by atoms with Crippen LogP contribution in [0.4, 0.5) is 0 Å². The lowest BCUT2D eigenvalue weighted by molar-refractivity contribution is -0.117. The number of rotatable bonds is 6. The van der Waals surface area contributed by atoms with Crippen LogP contribution in [-0.2, 0) is 11.3 Å². The van der Waals surface area contributed by atoms with Gasteiger partial charge in [-0.15, -0.1) is 0 Å². The van der Waals surface area contributed by atoms with Crippen LogP contribution in [0.1, 0.15) is 21.5 Å². The fourth-order valence-electron chi connectivity index (χ4n) is 3.24. The van der Waals surface area contributed by atoms with E-state index in [2.05, 4.69) is 15.6 Å². The molecule has 0 aliphatic heterocycles. The van der Waals surface area contributed by atoms with E-state index < -0.39 is 5.91 Å². The zero-order valence-corrected chi connectivity index (χ0v) is 17.3. The highest BCUT2D eigenvalue weighted by molar-refractivity contribution is 6.30. The van der Waals surface area contributed by atoms with E-state index in [1.165, 1.54) is 0 Å². The molecular weight excluding hydrogens is 410 g/mol. The summed E-state index contributed by atoms with van der Waals surface area (Å²) in [6.45, 7) is 0.284. The van der Waals surface area contributed by atoms with Gasteiger partial charge in [0.2, 0.25) is 0 Å². The largest absolute Gasteiger partial charge is 0.361 e. The van der Waals surface area contributed by atoms with Crippen LogP contribution >= 0.6 is 11.6 Å². The zero-order chi connectivity index (χ0) is 21.6. The summed E-state index contributed by atoms with van der Waals surface area (Å²) in [5.74, 6) is -0.751. The van der Waals surface area contributed by atoms with E-state index in [4.69, 9.17) is 11.6 Å². The number of hydrogen-bond acceptors (Lipinski definition) is 2. The number of halogens is 1. The van der Waals surface area contributed by atoms with Crippen LogP contribution in [0.5, 0.6) is 0 Å². The predicted octanol–water partition coefficient (Wildman–Crippen LogP) is 4.91. The van der Waals surface area contributed by atoms with Crippen molar-refractivity contribution in [2.75, 3.05) is 0 Å². The number of benzene rings is 3. The molecule has 0 bridgehead atoms. The number of carbonyl (C=O) groups excluding carboxylic acids is 2. The van der Waals surface area contributed by atoms with Gasteiger partial charge < -0.3 is 15.6 Å². The molecule has 4 aromatic rings. The molecular formula is C25H20ClN3O2. The molecule has 0 saturated carbocycles. The Balaban J connectivity index is 1.61. The van der Waals surface area contributed by atoms with Crippen molar-refractivity contribution in [1.29, 1.82) is 0 Å². The SMILES string of the molecule is O=C(NCc1cccc(Cl)c1)/C(=C/c1c[nH]c2ccccc12)NC(=O)c1ccccc1. The number of para-hydroxylation sites is 1. The van der Waals surface area contributed by atoms with E-state index in [1.54, 1.807) is 42.5 Å². The van der Waals surface area contributed by atoms with Gasteiger partial charge in [0.15, 0.2) is 0 Å². The van der Waals surface area contributed by atoms with Crippen molar-refractivity contribution in [3.05, 3.63) is 112 Å². The summed E-state index contributed by atoms with van der Waals surface area (Å²) in [7, 11) is 0. The number of fused-ring (bicyclic) bond motifs is 1. The van der Waals surface area contributed by atoms with Crippen molar-refractivity contribution in [3.63, 3.8) is 0 Å². The molecule has 0 aliphatic rings. The van der Waals surface area contributed by atoms with Crippen LogP contribution in [0, 0.1) is 0 Å². The highest BCUT2D eigenvalue weighted by Crippen LogP contribution is 2.20. The third-order valence-corrected chi connectivity index (χ3v) is 5.03. The molecule has 3 aromatic carbocycles. The molecule has 31 heavy (non-hydrogen) atoms. The number of amides is 2. The van der Waals surface area contributed by atoms with Gasteiger partial charge in [-0.3, -0.25) is 9.59 Å². The predicted molar refractivity (Wildman–Crippen MR) is 123 cm³/mol. The summed E-state index contributed by atoms with van der Waals surface area (Å²) < 4.78 is 0. The molecule has 154 valence electrons. The van der Waals surface area contributed by atoms with Gasteiger partial charge >= 0.3 is 0 Å². The molecule has 5 nitrogen and oxygen atoms in total. The highest BCUT2D eigenvalue weighted by Gasteiger charge is 2.15. The second-order valence-corrected chi connectivity index (χ2v) is 7.42. The van der Waals surface area contributed by atoms with Crippen molar-refractivity contribution in [2.45, 2.75) is 6.54 Å². The average molecular weight is 430 g/mol. The summed E-state index contributed by atoms with van der Waals surface area (Å²) in [6.07, 6.45) is 3.48. The first-order valence-electron chi connectivity index (χ1n) is 9.77. The van der Waals surface area contributed by atoms with Gasteiger partial charge in [0.1, 0.15) is 5.70 Å². The first-order valence-corrected chi connectivity index (χ1v) is 10.1. The fraction of sp³-hybridized carbons (Fsp3) is 0.0400. The maximum atomic E-state index is 13.0. The van der Waals surface area contributed by atoms with E-state index in [-0.39, 0.29) is 18.1 Å². The minimum atomic E-state index is -0.394. The quantitative estimate of drug-likeness (QED) is 0.381. The van der Waals surface area contributed by atoms with Crippen LogP contribution in [-0.4, -0.2) is 16.8 Å². The normalized spacial score (nSPS) is 11.3. The monoisotopic (exact) mass is 429 g/mol. The van der Waals surface area contributed by atoms with Crippen molar-refractivity contribution >= 4 is 40.4 Å². The first-order chi connectivity index (χ1) is 15.1. The van der Waals surface area contributed by atoms with Gasteiger partial charge in [-0.05, 0) is 42.0 Å². The summed E-state index contributed by atoms with van der Waals surface area (Å²) >= 11 is 6.03. The van der Waals surface area contributed by atoms with Gasteiger partial charge in [0.05, 0.1) is 0 Å². The maximum Gasteiger partial charge on any atom is 0.268 e. The van der Waals surface area contributed by atoms with Gasteiger partial charge in [-0.1, -0.05) is 60.1 Å². The maximum absolute atomic E-state index is 13.0. The summed E-state index contributed by atoms with van der Waals surface area (Å²) in [5, 5.41) is 7.16. The van der Waals surface area contributed by atoms with Crippen molar-refractivity contribution < 1.29 is 9.59 Å². The molecule has 6 heteroatoms. The topological polar surface area (TPSA) is 74.0 Å². The third-order valence-electron chi connectivity index (χ3n) is 4.79. The van der Waals surface area contributed by atoms with Crippen molar-refractivity contribution in [3.8, 4) is 0 Å². The molecule has 1 heterocycles. The molecule has 0 radical (unpaired) electrons. The molecule has 3 N–H and O–H groups in total. The van der Waals surface area contributed by atoms with Gasteiger partial charge in [-0.2, -0.15) is 0 Å². The van der Waals surface area contributed by atoms with E-state index in [0.29, 0.717) is 10.6 Å². The van der Waals surface area contributed by atoms with Crippen LogP contribution in [0.2, 0.25) is 5.02 Å². The Labute approximate surface area is 184 Å². The van der Waals surface area contributed by atoms with Gasteiger partial charge in [0, 0.05) is 39.8 Å². The number of H-pyrrole nitrogens is 1. The first kappa shape index (κ1) is 20.4. The minimum absolute atomic E-state index is 0.153. The zero-order valence-electron chi connectivity index (χ0n) is 16.6. The standard InChI is InChI=1S/C25H20ClN3O2/c26-20-10-6-7-17(13-20)15-28-25(31)23(29-24(30)18-8-2-1-3-9-18)14-19-16-27-22-12-5-4-11-21(19)22/h1-14,16,27H,15H2,(H,28,31)(H,29,30)/b23-14-. The van der Waals surface area contributed by atoms with Crippen LogP contribution in [0.3, 0.4) is 0 Å². The number of aromatic amines is 1. The summed E-state index contributed by atoms with van der Waals surface area (Å²) in [5.41, 5.74) is 3.23. The van der Waals surface area contributed by atoms with E-state index in [0.717, 1.165) is 22.0 Å². The second kappa shape index (κ2) is 9.32. The Morgan fingerprint density at radius 2 is 1.71 bits per heavy atom. The lowest BCUT2D eigenvalue weighted by Crippen LogP contribution is -2.34. The molecule has 0 spiro atoms. The summed E-state index contributed by atoms with van der Waals surface area (Å²) in [6, 6.07) is 23.8. The molecule has 0 aliphatic carbocycles. The lowest BCUT2D eigenvalue weighted by atomic mass is 10.1. The van der Waals surface area contributed by atoms with Gasteiger partial charge in [-0.25, -0.2) is 0 Å². The second-order valence-electron chi connectivity index (χ2n) is 6.98. The number of aromatic nitrogens is 1. The molecule has 0 unspecified atom stereocenters. The molecule has 1 aromatic heterocycles. The van der Waals surface area contributed by atoms with E-state index >= 15 is 0 Å².